The van der Waals surface area contributed by atoms with Gasteiger partial charge in [-0.3, -0.25) is 9.78 Å². The Morgan fingerprint density at radius 3 is 2.54 bits per heavy atom. The van der Waals surface area contributed by atoms with Crippen LogP contribution in [0.25, 0.3) is 0 Å². The Morgan fingerprint density at radius 1 is 1.11 bits per heavy atom. The second-order valence-electron chi connectivity index (χ2n) is 6.91. The Labute approximate surface area is 163 Å². The Balaban J connectivity index is 1.40. The van der Waals surface area contributed by atoms with Gasteiger partial charge >= 0.3 is 0 Å². The SMILES string of the molecule is Cc1nc(C)c(C(=O)N2CCC(c3cncc(Oc4ccccc4)n3)CC2)o1. The smallest absolute Gasteiger partial charge is 0.291 e. The molecular weight excluding hydrogens is 356 g/mol. The van der Waals surface area contributed by atoms with Crippen LogP contribution in [-0.4, -0.2) is 38.8 Å². The van der Waals surface area contributed by atoms with Crippen LogP contribution in [0, 0.1) is 13.8 Å². The second kappa shape index (κ2) is 7.80. The van der Waals surface area contributed by atoms with Gasteiger partial charge in [-0.25, -0.2) is 9.97 Å². The maximum atomic E-state index is 12.7. The van der Waals surface area contributed by atoms with Crippen LogP contribution in [0.3, 0.4) is 0 Å². The number of ether oxygens (including phenoxy) is 1. The van der Waals surface area contributed by atoms with Gasteiger partial charge in [0, 0.05) is 32.1 Å². The van der Waals surface area contributed by atoms with Crippen LogP contribution in [0.2, 0.25) is 0 Å². The highest BCUT2D eigenvalue weighted by molar-refractivity contribution is 5.92. The molecule has 1 fully saturated rings. The van der Waals surface area contributed by atoms with Crippen LogP contribution in [-0.2, 0) is 0 Å². The number of rotatable bonds is 4. The zero-order chi connectivity index (χ0) is 19.5. The number of oxazole rings is 1. The van der Waals surface area contributed by atoms with E-state index in [2.05, 4.69) is 15.0 Å². The van der Waals surface area contributed by atoms with E-state index in [9.17, 15) is 4.79 Å². The first-order chi connectivity index (χ1) is 13.6. The van der Waals surface area contributed by atoms with Crippen molar-refractivity contribution in [3.05, 3.63) is 65.8 Å². The van der Waals surface area contributed by atoms with Gasteiger partial charge in [-0.05, 0) is 31.9 Å². The number of benzene rings is 1. The third-order valence-corrected chi connectivity index (χ3v) is 4.89. The average Bonchev–Trinajstić information content (AvgIpc) is 3.06. The van der Waals surface area contributed by atoms with Gasteiger partial charge in [0.1, 0.15) is 5.75 Å². The molecular formula is C21H22N4O3. The molecule has 7 heteroatoms. The predicted octanol–water partition coefficient (Wildman–Crippen LogP) is 3.89. The molecule has 144 valence electrons. The number of likely N-dealkylation sites (tertiary alicyclic amines) is 1. The van der Waals surface area contributed by atoms with Gasteiger partial charge in [0.15, 0.2) is 5.89 Å². The minimum Gasteiger partial charge on any atom is -0.437 e. The van der Waals surface area contributed by atoms with Gasteiger partial charge in [-0.2, -0.15) is 0 Å². The van der Waals surface area contributed by atoms with Crippen molar-refractivity contribution in [2.45, 2.75) is 32.6 Å². The summed E-state index contributed by atoms with van der Waals surface area (Å²) in [4.78, 5) is 27.6. The summed E-state index contributed by atoms with van der Waals surface area (Å²) < 4.78 is 11.3. The summed E-state index contributed by atoms with van der Waals surface area (Å²) >= 11 is 0. The molecule has 1 aliphatic heterocycles. The van der Waals surface area contributed by atoms with E-state index in [1.54, 1.807) is 26.2 Å². The second-order valence-corrected chi connectivity index (χ2v) is 6.91. The molecule has 0 unspecified atom stereocenters. The van der Waals surface area contributed by atoms with Gasteiger partial charge in [-0.1, -0.05) is 18.2 Å². The number of carbonyl (C=O) groups excluding carboxylic acids is 1. The quantitative estimate of drug-likeness (QED) is 0.685. The molecule has 7 nitrogen and oxygen atoms in total. The average molecular weight is 378 g/mol. The van der Waals surface area contributed by atoms with Gasteiger partial charge in [0.05, 0.1) is 17.6 Å². The summed E-state index contributed by atoms with van der Waals surface area (Å²) in [5.74, 6) is 2.22. The van der Waals surface area contributed by atoms with E-state index >= 15 is 0 Å². The number of para-hydroxylation sites is 1. The lowest BCUT2D eigenvalue weighted by molar-refractivity contribution is 0.0677. The number of hydrogen-bond donors (Lipinski definition) is 0. The van der Waals surface area contributed by atoms with Crippen molar-refractivity contribution >= 4 is 5.91 Å². The predicted molar refractivity (Wildman–Crippen MR) is 102 cm³/mol. The van der Waals surface area contributed by atoms with Gasteiger partial charge in [0.2, 0.25) is 11.6 Å². The molecule has 1 aromatic carbocycles. The van der Waals surface area contributed by atoms with Gasteiger partial charge < -0.3 is 14.1 Å². The molecule has 1 amide bonds. The third-order valence-electron chi connectivity index (χ3n) is 4.89. The molecule has 3 aromatic rings. The number of aryl methyl sites for hydroxylation is 2. The highest BCUT2D eigenvalue weighted by atomic mass is 16.5. The summed E-state index contributed by atoms with van der Waals surface area (Å²) in [6.45, 7) is 4.84. The van der Waals surface area contributed by atoms with E-state index in [-0.39, 0.29) is 11.8 Å². The van der Waals surface area contributed by atoms with Gasteiger partial charge in [-0.15, -0.1) is 0 Å². The maximum absolute atomic E-state index is 12.7. The molecule has 0 N–H and O–H groups in total. The molecule has 0 atom stereocenters. The minimum absolute atomic E-state index is 0.0937. The van der Waals surface area contributed by atoms with Crippen molar-refractivity contribution in [3.8, 4) is 11.6 Å². The number of piperidine rings is 1. The Hall–Kier alpha value is -3.22. The highest BCUT2D eigenvalue weighted by Crippen LogP contribution is 2.29. The zero-order valence-corrected chi connectivity index (χ0v) is 16.0. The first-order valence-electron chi connectivity index (χ1n) is 9.38. The van der Waals surface area contributed by atoms with E-state index in [1.807, 2.05) is 35.2 Å². The summed E-state index contributed by atoms with van der Waals surface area (Å²) in [5.41, 5.74) is 1.54. The van der Waals surface area contributed by atoms with Crippen molar-refractivity contribution in [3.63, 3.8) is 0 Å². The standard InChI is InChI=1S/C21H22N4O3/c1-14-20(27-15(2)23-14)21(26)25-10-8-16(9-11-25)18-12-22-13-19(24-18)28-17-6-4-3-5-7-17/h3-7,12-13,16H,8-11H2,1-2H3. The summed E-state index contributed by atoms with van der Waals surface area (Å²) in [7, 11) is 0. The van der Waals surface area contributed by atoms with Crippen LogP contribution in [0.15, 0.2) is 47.1 Å². The van der Waals surface area contributed by atoms with E-state index in [0.29, 0.717) is 36.3 Å². The fourth-order valence-electron chi connectivity index (χ4n) is 3.47. The topological polar surface area (TPSA) is 81.4 Å². The molecule has 0 spiro atoms. The van der Waals surface area contributed by atoms with Crippen molar-refractivity contribution < 1.29 is 13.9 Å². The van der Waals surface area contributed by atoms with E-state index < -0.39 is 0 Å². The van der Waals surface area contributed by atoms with Crippen molar-refractivity contribution in [1.29, 1.82) is 0 Å². The summed E-state index contributed by atoms with van der Waals surface area (Å²) in [5, 5.41) is 0. The normalized spacial score (nSPS) is 14.9. The molecule has 1 saturated heterocycles. The molecule has 28 heavy (non-hydrogen) atoms. The molecule has 0 bridgehead atoms. The largest absolute Gasteiger partial charge is 0.437 e. The van der Waals surface area contributed by atoms with Crippen LogP contribution in [0.1, 0.15) is 46.6 Å². The lowest BCUT2D eigenvalue weighted by atomic mass is 9.93. The molecule has 0 saturated carbocycles. The zero-order valence-electron chi connectivity index (χ0n) is 16.0. The number of amides is 1. The maximum Gasteiger partial charge on any atom is 0.291 e. The first kappa shape index (κ1) is 18.2. The summed E-state index contributed by atoms with van der Waals surface area (Å²) in [6, 6.07) is 9.52. The molecule has 3 heterocycles. The highest BCUT2D eigenvalue weighted by Gasteiger charge is 2.28. The van der Waals surface area contributed by atoms with Gasteiger partial charge in [0.25, 0.3) is 5.91 Å². The Morgan fingerprint density at radius 2 is 1.86 bits per heavy atom. The number of nitrogens with zero attached hydrogens (tertiary/aromatic N) is 4. The third kappa shape index (κ3) is 3.88. The minimum atomic E-state index is -0.0937. The van der Waals surface area contributed by atoms with Crippen molar-refractivity contribution in [1.82, 2.24) is 19.9 Å². The number of aromatic nitrogens is 3. The Bertz CT molecular complexity index is 963. The summed E-state index contributed by atoms with van der Waals surface area (Å²) in [6.07, 6.45) is 5.04. The van der Waals surface area contributed by atoms with Crippen LogP contribution >= 0.6 is 0 Å². The molecule has 2 aromatic heterocycles. The van der Waals surface area contributed by atoms with Crippen molar-refractivity contribution in [2.75, 3.05) is 13.1 Å². The van der Waals surface area contributed by atoms with E-state index in [1.165, 1.54) is 0 Å². The van der Waals surface area contributed by atoms with Crippen LogP contribution < -0.4 is 4.74 Å². The molecule has 0 radical (unpaired) electrons. The lowest BCUT2D eigenvalue weighted by Crippen LogP contribution is -2.38. The van der Waals surface area contributed by atoms with E-state index in [0.717, 1.165) is 24.3 Å². The fourth-order valence-corrected chi connectivity index (χ4v) is 3.47. The van der Waals surface area contributed by atoms with Crippen LogP contribution in [0.4, 0.5) is 0 Å². The number of hydrogen-bond acceptors (Lipinski definition) is 6. The fraction of sp³-hybridized carbons (Fsp3) is 0.333. The molecule has 4 rings (SSSR count). The first-order valence-corrected chi connectivity index (χ1v) is 9.38. The molecule has 1 aliphatic rings. The number of carbonyl (C=O) groups is 1. The monoisotopic (exact) mass is 378 g/mol. The Kier molecular flexibility index (Phi) is 5.06. The van der Waals surface area contributed by atoms with Crippen LogP contribution in [0.5, 0.6) is 11.6 Å². The van der Waals surface area contributed by atoms with Crippen molar-refractivity contribution in [2.24, 2.45) is 0 Å². The van der Waals surface area contributed by atoms with E-state index in [4.69, 9.17) is 9.15 Å². The lowest BCUT2D eigenvalue weighted by Gasteiger charge is -2.31. The molecule has 0 aliphatic carbocycles.